The van der Waals surface area contributed by atoms with Crippen molar-refractivity contribution >= 4 is 0 Å². The van der Waals surface area contributed by atoms with Crippen LogP contribution in [-0.2, 0) is 4.74 Å². The Kier molecular flexibility index (Phi) is 3.60. The zero-order chi connectivity index (χ0) is 11.8. The minimum atomic E-state index is 0.0839. The average molecular weight is 225 g/mol. The van der Waals surface area contributed by atoms with Crippen LogP contribution in [0.2, 0.25) is 0 Å². The van der Waals surface area contributed by atoms with Crippen LogP contribution in [0.25, 0.3) is 0 Å². The summed E-state index contributed by atoms with van der Waals surface area (Å²) in [5.41, 5.74) is 0.0839. The van der Waals surface area contributed by atoms with Crippen LogP contribution in [0.5, 0.6) is 0 Å². The van der Waals surface area contributed by atoms with Crippen molar-refractivity contribution in [3.05, 3.63) is 0 Å². The van der Waals surface area contributed by atoms with E-state index in [1.54, 1.807) is 0 Å². The third-order valence-electron chi connectivity index (χ3n) is 4.48. The molecule has 94 valence electrons. The molecule has 16 heavy (non-hydrogen) atoms. The highest BCUT2D eigenvalue weighted by molar-refractivity contribution is 4.97. The topological polar surface area (TPSA) is 12.5 Å². The maximum absolute atomic E-state index is 6.26. The quantitative estimate of drug-likeness (QED) is 0.715. The van der Waals surface area contributed by atoms with Crippen LogP contribution in [0.4, 0.5) is 0 Å². The zero-order valence-electron chi connectivity index (χ0n) is 11.3. The molecule has 2 fully saturated rings. The number of nitrogens with zero attached hydrogens (tertiary/aromatic N) is 1. The summed E-state index contributed by atoms with van der Waals surface area (Å²) < 4.78 is 6.26. The van der Waals surface area contributed by atoms with Gasteiger partial charge in [0.25, 0.3) is 0 Å². The standard InChI is InChI=1S/C14H27NO/c1-11(2)13-7-5-6-8-14(13)15(12(3)4)9-10-16-14/h11-13H,5-10H2,1-4H3/t13-,14+/m1/s1. The molecule has 1 aliphatic heterocycles. The molecule has 0 aromatic heterocycles. The monoisotopic (exact) mass is 225 g/mol. The van der Waals surface area contributed by atoms with Gasteiger partial charge in [0.05, 0.1) is 6.61 Å². The molecule has 1 saturated heterocycles. The van der Waals surface area contributed by atoms with Gasteiger partial charge in [0.2, 0.25) is 0 Å². The van der Waals surface area contributed by atoms with E-state index in [9.17, 15) is 0 Å². The zero-order valence-corrected chi connectivity index (χ0v) is 11.3. The second-order valence-electron chi connectivity index (χ2n) is 6.08. The molecule has 0 unspecified atom stereocenters. The maximum atomic E-state index is 6.26. The Labute approximate surface area is 100 Å². The summed E-state index contributed by atoms with van der Waals surface area (Å²) in [5.74, 6) is 1.46. The summed E-state index contributed by atoms with van der Waals surface area (Å²) >= 11 is 0. The summed E-state index contributed by atoms with van der Waals surface area (Å²) in [6, 6.07) is 0.613. The molecule has 2 heteroatoms. The highest BCUT2D eigenvalue weighted by Gasteiger charge is 2.51. The van der Waals surface area contributed by atoms with Gasteiger partial charge in [-0.25, -0.2) is 0 Å². The van der Waals surface area contributed by atoms with E-state index in [-0.39, 0.29) is 5.72 Å². The van der Waals surface area contributed by atoms with E-state index < -0.39 is 0 Å². The van der Waals surface area contributed by atoms with Crippen LogP contribution in [-0.4, -0.2) is 29.8 Å². The van der Waals surface area contributed by atoms with E-state index in [1.807, 2.05) is 0 Å². The van der Waals surface area contributed by atoms with Gasteiger partial charge in [0.15, 0.2) is 0 Å². The van der Waals surface area contributed by atoms with Crippen LogP contribution in [0.3, 0.4) is 0 Å². The molecule has 2 rings (SSSR count). The molecule has 2 aliphatic rings. The van der Waals surface area contributed by atoms with E-state index in [4.69, 9.17) is 4.74 Å². The van der Waals surface area contributed by atoms with Crippen molar-refractivity contribution in [3.8, 4) is 0 Å². The summed E-state index contributed by atoms with van der Waals surface area (Å²) in [6.07, 6.45) is 5.32. The van der Waals surface area contributed by atoms with Crippen LogP contribution >= 0.6 is 0 Å². The lowest BCUT2D eigenvalue weighted by Crippen LogP contribution is -2.56. The van der Waals surface area contributed by atoms with Gasteiger partial charge >= 0.3 is 0 Å². The minimum Gasteiger partial charge on any atom is -0.359 e. The van der Waals surface area contributed by atoms with E-state index >= 15 is 0 Å². The summed E-state index contributed by atoms with van der Waals surface area (Å²) in [6.45, 7) is 11.4. The largest absolute Gasteiger partial charge is 0.359 e. The number of ether oxygens (including phenoxy) is 1. The van der Waals surface area contributed by atoms with Crippen LogP contribution in [0.1, 0.15) is 53.4 Å². The van der Waals surface area contributed by atoms with Crippen molar-refractivity contribution in [2.75, 3.05) is 13.2 Å². The van der Waals surface area contributed by atoms with Gasteiger partial charge in [-0.2, -0.15) is 0 Å². The van der Waals surface area contributed by atoms with Gasteiger partial charge < -0.3 is 4.74 Å². The fraction of sp³-hybridized carbons (Fsp3) is 1.00. The normalized spacial score (nSPS) is 36.8. The lowest BCUT2D eigenvalue weighted by Gasteiger charge is -2.49. The van der Waals surface area contributed by atoms with E-state index in [0.29, 0.717) is 6.04 Å². The molecule has 1 saturated carbocycles. The van der Waals surface area contributed by atoms with Gasteiger partial charge in [0, 0.05) is 18.5 Å². The Morgan fingerprint density at radius 1 is 1.19 bits per heavy atom. The van der Waals surface area contributed by atoms with E-state index in [1.165, 1.54) is 25.7 Å². The van der Waals surface area contributed by atoms with Gasteiger partial charge in [-0.1, -0.05) is 20.3 Å². The molecule has 0 aromatic carbocycles. The lowest BCUT2D eigenvalue weighted by molar-refractivity contribution is -0.167. The lowest BCUT2D eigenvalue weighted by atomic mass is 9.74. The molecule has 0 bridgehead atoms. The summed E-state index contributed by atoms with van der Waals surface area (Å²) in [4.78, 5) is 2.62. The molecule has 1 heterocycles. The second kappa shape index (κ2) is 4.66. The Hall–Kier alpha value is -0.0800. The first-order chi connectivity index (χ1) is 7.58. The van der Waals surface area contributed by atoms with Crippen LogP contribution in [0.15, 0.2) is 0 Å². The average Bonchev–Trinajstić information content (AvgIpc) is 2.62. The third-order valence-corrected chi connectivity index (χ3v) is 4.48. The smallest absolute Gasteiger partial charge is 0.125 e. The molecule has 2 nitrogen and oxygen atoms in total. The third kappa shape index (κ3) is 1.91. The molecule has 0 N–H and O–H groups in total. The predicted octanol–water partition coefficient (Wildman–Crippen LogP) is 3.27. The van der Waals surface area contributed by atoms with Gasteiger partial charge in [0.1, 0.15) is 5.72 Å². The number of hydrogen-bond acceptors (Lipinski definition) is 2. The summed E-state index contributed by atoms with van der Waals surface area (Å²) in [7, 11) is 0. The van der Waals surface area contributed by atoms with Crippen molar-refractivity contribution in [3.63, 3.8) is 0 Å². The minimum absolute atomic E-state index is 0.0839. The fourth-order valence-electron chi connectivity index (χ4n) is 3.83. The van der Waals surface area contributed by atoms with Crippen molar-refractivity contribution in [1.29, 1.82) is 0 Å². The number of hydrogen-bond donors (Lipinski definition) is 0. The first-order valence-corrected chi connectivity index (χ1v) is 6.98. The highest BCUT2D eigenvalue weighted by atomic mass is 16.5. The molecule has 2 atom stereocenters. The maximum Gasteiger partial charge on any atom is 0.125 e. The van der Waals surface area contributed by atoms with Crippen molar-refractivity contribution in [1.82, 2.24) is 4.90 Å². The second-order valence-corrected chi connectivity index (χ2v) is 6.08. The molecular weight excluding hydrogens is 198 g/mol. The van der Waals surface area contributed by atoms with Crippen molar-refractivity contribution in [2.24, 2.45) is 11.8 Å². The SMILES string of the molecule is CC(C)[C@H]1CCCC[C@]12OCCN2C(C)C. The molecule has 0 radical (unpaired) electrons. The first-order valence-electron chi connectivity index (χ1n) is 6.98. The molecule has 1 spiro atoms. The molecular formula is C14H27NO. The Bertz CT molecular complexity index is 239. The van der Waals surface area contributed by atoms with Gasteiger partial charge in [-0.3, -0.25) is 4.90 Å². The molecule has 0 amide bonds. The van der Waals surface area contributed by atoms with Crippen molar-refractivity contribution in [2.45, 2.75) is 65.1 Å². The van der Waals surface area contributed by atoms with Gasteiger partial charge in [-0.05, 0) is 39.0 Å². The predicted molar refractivity (Wildman–Crippen MR) is 67.3 cm³/mol. The van der Waals surface area contributed by atoms with Crippen molar-refractivity contribution < 1.29 is 4.74 Å². The fourth-order valence-corrected chi connectivity index (χ4v) is 3.83. The highest BCUT2D eigenvalue weighted by Crippen LogP contribution is 2.46. The molecule has 0 aromatic rings. The number of rotatable bonds is 2. The van der Waals surface area contributed by atoms with Crippen LogP contribution < -0.4 is 0 Å². The van der Waals surface area contributed by atoms with E-state index in [2.05, 4.69) is 32.6 Å². The van der Waals surface area contributed by atoms with E-state index in [0.717, 1.165) is 25.0 Å². The summed E-state index contributed by atoms with van der Waals surface area (Å²) in [5, 5.41) is 0. The Morgan fingerprint density at radius 3 is 2.56 bits per heavy atom. The Morgan fingerprint density at radius 2 is 1.94 bits per heavy atom. The Balaban J connectivity index is 2.24. The first kappa shape index (κ1) is 12.4. The molecule has 1 aliphatic carbocycles. The van der Waals surface area contributed by atoms with Gasteiger partial charge in [-0.15, -0.1) is 0 Å². The van der Waals surface area contributed by atoms with Crippen LogP contribution in [0, 0.1) is 11.8 Å².